The molecule has 0 aliphatic rings. The molecule has 0 saturated carbocycles. The van der Waals surface area contributed by atoms with Crippen molar-refractivity contribution in [2.45, 2.75) is 13.3 Å². The summed E-state index contributed by atoms with van der Waals surface area (Å²) in [5.41, 5.74) is 1.85. The van der Waals surface area contributed by atoms with Crippen molar-refractivity contribution in [2.75, 3.05) is 18.5 Å². The maximum absolute atomic E-state index is 11.1. The molecule has 0 aromatic heterocycles. The van der Waals surface area contributed by atoms with E-state index >= 15 is 0 Å². The van der Waals surface area contributed by atoms with Crippen LogP contribution < -0.4 is 5.32 Å². The summed E-state index contributed by atoms with van der Waals surface area (Å²) in [5, 5.41) is 11.0. The zero-order chi connectivity index (χ0) is 11.1. The van der Waals surface area contributed by atoms with Gasteiger partial charge in [-0.3, -0.25) is 5.32 Å². The number of hydrogen-bond acceptors (Lipinski definition) is 3. The molecule has 0 bridgehead atoms. The van der Waals surface area contributed by atoms with Gasteiger partial charge in [-0.2, -0.15) is 0 Å². The van der Waals surface area contributed by atoms with E-state index in [1.54, 1.807) is 6.07 Å². The SMILES string of the molecule is CCc1cccc(NC(=O)OCCO)c1. The van der Waals surface area contributed by atoms with Crippen LogP contribution in [0.2, 0.25) is 0 Å². The second kappa shape index (κ2) is 6.03. The summed E-state index contributed by atoms with van der Waals surface area (Å²) in [4.78, 5) is 11.1. The minimum atomic E-state index is -0.544. The molecular weight excluding hydrogens is 194 g/mol. The third kappa shape index (κ3) is 3.99. The highest BCUT2D eigenvalue weighted by atomic mass is 16.6. The topological polar surface area (TPSA) is 58.6 Å². The summed E-state index contributed by atoms with van der Waals surface area (Å²) in [6.07, 6.45) is 0.374. The zero-order valence-corrected chi connectivity index (χ0v) is 8.69. The van der Waals surface area contributed by atoms with Crippen LogP contribution in [0.3, 0.4) is 0 Å². The Balaban J connectivity index is 2.52. The Hall–Kier alpha value is -1.55. The molecule has 0 fully saturated rings. The highest BCUT2D eigenvalue weighted by molar-refractivity contribution is 5.84. The Labute approximate surface area is 88.9 Å². The average molecular weight is 209 g/mol. The van der Waals surface area contributed by atoms with Crippen LogP contribution in [0.5, 0.6) is 0 Å². The summed E-state index contributed by atoms with van der Waals surface area (Å²) in [5.74, 6) is 0. The Morgan fingerprint density at radius 3 is 3.00 bits per heavy atom. The Bertz CT molecular complexity index is 325. The third-order valence-electron chi connectivity index (χ3n) is 1.91. The van der Waals surface area contributed by atoms with Crippen LogP contribution >= 0.6 is 0 Å². The van der Waals surface area contributed by atoms with Gasteiger partial charge in [0.2, 0.25) is 0 Å². The fourth-order valence-corrected chi connectivity index (χ4v) is 1.16. The number of carbonyl (C=O) groups is 1. The van der Waals surface area contributed by atoms with Crippen LogP contribution in [0.4, 0.5) is 10.5 Å². The number of amides is 1. The van der Waals surface area contributed by atoms with E-state index < -0.39 is 6.09 Å². The van der Waals surface area contributed by atoms with E-state index in [2.05, 4.69) is 10.1 Å². The van der Waals surface area contributed by atoms with Gasteiger partial charge in [0.25, 0.3) is 0 Å². The number of nitrogens with one attached hydrogen (secondary N) is 1. The number of aryl methyl sites for hydroxylation is 1. The van der Waals surface area contributed by atoms with E-state index in [1.807, 2.05) is 25.1 Å². The molecular formula is C11H15NO3. The molecule has 1 amide bonds. The van der Waals surface area contributed by atoms with Crippen molar-refractivity contribution in [1.82, 2.24) is 0 Å². The minimum Gasteiger partial charge on any atom is -0.447 e. The fourth-order valence-electron chi connectivity index (χ4n) is 1.16. The van der Waals surface area contributed by atoms with Gasteiger partial charge in [0.15, 0.2) is 0 Å². The van der Waals surface area contributed by atoms with Crippen LogP contribution in [0.1, 0.15) is 12.5 Å². The van der Waals surface area contributed by atoms with Crippen molar-refractivity contribution < 1.29 is 14.6 Å². The van der Waals surface area contributed by atoms with Gasteiger partial charge in [0.1, 0.15) is 6.61 Å². The molecule has 0 aliphatic heterocycles. The van der Waals surface area contributed by atoms with E-state index in [9.17, 15) is 4.79 Å². The number of rotatable bonds is 4. The summed E-state index contributed by atoms with van der Waals surface area (Å²) in [7, 11) is 0. The Kier molecular flexibility index (Phi) is 4.63. The second-order valence-corrected chi connectivity index (χ2v) is 3.04. The van der Waals surface area contributed by atoms with Crippen LogP contribution in [-0.4, -0.2) is 24.4 Å². The van der Waals surface area contributed by atoms with E-state index in [-0.39, 0.29) is 13.2 Å². The first-order valence-electron chi connectivity index (χ1n) is 4.90. The maximum Gasteiger partial charge on any atom is 0.411 e. The summed E-state index contributed by atoms with van der Waals surface area (Å²) < 4.78 is 4.67. The first kappa shape index (κ1) is 11.5. The number of hydrogen-bond donors (Lipinski definition) is 2. The number of ether oxygens (including phenoxy) is 1. The molecule has 2 N–H and O–H groups in total. The molecule has 0 radical (unpaired) electrons. The van der Waals surface area contributed by atoms with Crippen molar-refractivity contribution >= 4 is 11.8 Å². The Morgan fingerprint density at radius 2 is 2.33 bits per heavy atom. The van der Waals surface area contributed by atoms with Crippen molar-refractivity contribution in [3.05, 3.63) is 29.8 Å². The van der Waals surface area contributed by atoms with Gasteiger partial charge < -0.3 is 9.84 Å². The molecule has 0 atom stereocenters. The van der Waals surface area contributed by atoms with Gasteiger partial charge in [0, 0.05) is 5.69 Å². The molecule has 4 heteroatoms. The first-order valence-corrected chi connectivity index (χ1v) is 4.90. The lowest BCUT2D eigenvalue weighted by Crippen LogP contribution is -2.15. The zero-order valence-electron chi connectivity index (χ0n) is 8.69. The van der Waals surface area contributed by atoms with Crippen LogP contribution in [0.25, 0.3) is 0 Å². The lowest BCUT2D eigenvalue weighted by Gasteiger charge is -2.06. The second-order valence-electron chi connectivity index (χ2n) is 3.04. The van der Waals surface area contributed by atoms with E-state index in [1.165, 1.54) is 0 Å². The van der Waals surface area contributed by atoms with Crippen molar-refractivity contribution in [3.8, 4) is 0 Å². The predicted octanol–water partition coefficient (Wildman–Crippen LogP) is 1.79. The van der Waals surface area contributed by atoms with Gasteiger partial charge >= 0.3 is 6.09 Å². The van der Waals surface area contributed by atoms with E-state index in [0.29, 0.717) is 5.69 Å². The van der Waals surface area contributed by atoms with Crippen LogP contribution in [0, 0.1) is 0 Å². The number of anilines is 1. The lowest BCUT2D eigenvalue weighted by atomic mass is 10.1. The molecule has 0 spiro atoms. The summed E-state index contributed by atoms with van der Waals surface area (Å²) in [6, 6.07) is 7.55. The van der Waals surface area contributed by atoms with Crippen LogP contribution in [0.15, 0.2) is 24.3 Å². The monoisotopic (exact) mass is 209 g/mol. The smallest absolute Gasteiger partial charge is 0.411 e. The molecule has 1 aromatic rings. The molecule has 1 aromatic carbocycles. The molecule has 4 nitrogen and oxygen atoms in total. The van der Waals surface area contributed by atoms with Gasteiger partial charge in [-0.1, -0.05) is 19.1 Å². The standard InChI is InChI=1S/C11H15NO3/c1-2-9-4-3-5-10(8-9)12-11(14)15-7-6-13/h3-5,8,13H,2,6-7H2,1H3,(H,12,14). The highest BCUT2D eigenvalue weighted by Gasteiger charge is 2.02. The largest absolute Gasteiger partial charge is 0.447 e. The fraction of sp³-hybridized carbons (Fsp3) is 0.364. The number of carbonyl (C=O) groups excluding carboxylic acids is 1. The van der Waals surface area contributed by atoms with Crippen molar-refractivity contribution in [1.29, 1.82) is 0 Å². The molecule has 82 valence electrons. The quantitative estimate of drug-likeness (QED) is 0.794. The molecule has 0 heterocycles. The van der Waals surface area contributed by atoms with E-state index in [0.717, 1.165) is 12.0 Å². The Morgan fingerprint density at radius 1 is 1.53 bits per heavy atom. The third-order valence-corrected chi connectivity index (χ3v) is 1.91. The predicted molar refractivity (Wildman–Crippen MR) is 57.9 cm³/mol. The van der Waals surface area contributed by atoms with Gasteiger partial charge in [-0.15, -0.1) is 0 Å². The molecule has 0 aliphatic carbocycles. The van der Waals surface area contributed by atoms with Gasteiger partial charge in [0.05, 0.1) is 6.61 Å². The minimum absolute atomic E-state index is 0.0132. The number of aliphatic hydroxyl groups excluding tert-OH is 1. The maximum atomic E-state index is 11.1. The van der Waals surface area contributed by atoms with Crippen molar-refractivity contribution in [3.63, 3.8) is 0 Å². The van der Waals surface area contributed by atoms with Crippen molar-refractivity contribution in [2.24, 2.45) is 0 Å². The molecule has 0 unspecified atom stereocenters. The normalized spacial score (nSPS) is 9.73. The van der Waals surface area contributed by atoms with Gasteiger partial charge in [-0.25, -0.2) is 4.79 Å². The first-order chi connectivity index (χ1) is 7.26. The molecule has 0 saturated heterocycles. The number of aliphatic hydroxyl groups is 1. The highest BCUT2D eigenvalue weighted by Crippen LogP contribution is 2.11. The van der Waals surface area contributed by atoms with Gasteiger partial charge in [-0.05, 0) is 24.1 Å². The van der Waals surface area contributed by atoms with Crippen LogP contribution in [-0.2, 0) is 11.2 Å². The molecule has 15 heavy (non-hydrogen) atoms. The average Bonchev–Trinajstić information content (AvgIpc) is 2.26. The lowest BCUT2D eigenvalue weighted by molar-refractivity contribution is 0.131. The van der Waals surface area contributed by atoms with E-state index in [4.69, 9.17) is 5.11 Å². The molecule has 1 rings (SSSR count). The summed E-state index contributed by atoms with van der Waals surface area (Å²) >= 11 is 0. The summed E-state index contributed by atoms with van der Waals surface area (Å²) in [6.45, 7) is 1.89. The number of benzene rings is 1.